The summed E-state index contributed by atoms with van der Waals surface area (Å²) in [6.45, 7) is 0. The predicted octanol–water partition coefficient (Wildman–Crippen LogP) is 2.47. The molecule has 0 bridgehead atoms. The molecule has 2 aliphatic carbocycles. The fraction of sp³-hybridized carbons (Fsp3) is 0.562. The molecule has 2 aliphatic rings. The Hall–Kier alpha value is -2.15. The van der Waals surface area contributed by atoms with Gasteiger partial charge in [0.1, 0.15) is 5.69 Å². The minimum Gasteiger partial charge on any atom is -0.381 e. The molecule has 3 rings (SSSR count). The summed E-state index contributed by atoms with van der Waals surface area (Å²) in [5.41, 5.74) is 0.726. The fourth-order valence-electron chi connectivity index (χ4n) is 2.95. The minimum absolute atomic E-state index is 0.0608. The first kappa shape index (κ1) is 15.7. The number of hydrogen-bond acceptors (Lipinski definition) is 5. The van der Waals surface area contributed by atoms with Gasteiger partial charge in [-0.15, -0.1) is 0 Å². The molecule has 7 nitrogen and oxygen atoms in total. The Morgan fingerprint density at radius 2 is 2.00 bits per heavy atom. The zero-order valence-electron chi connectivity index (χ0n) is 13.1. The number of nitro benzene ring substituents is 1. The van der Waals surface area contributed by atoms with E-state index < -0.39 is 4.92 Å². The summed E-state index contributed by atoms with van der Waals surface area (Å²) in [4.78, 5) is 22.9. The SMILES string of the molecule is COC1CCC(Nc2ccc(C(=O)NC3CC3)cc2[N+](=O)[O-])C1. The Morgan fingerprint density at radius 1 is 1.26 bits per heavy atom. The maximum Gasteiger partial charge on any atom is 0.293 e. The van der Waals surface area contributed by atoms with Crippen LogP contribution in [0, 0.1) is 10.1 Å². The van der Waals surface area contributed by atoms with Crippen LogP contribution < -0.4 is 10.6 Å². The number of rotatable bonds is 6. The number of nitrogens with zero attached hydrogens (tertiary/aromatic N) is 1. The molecule has 2 N–H and O–H groups in total. The van der Waals surface area contributed by atoms with Gasteiger partial charge >= 0.3 is 0 Å². The van der Waals surface area contributed by atoms with Gasteiger partial charge in [0.15, 0.2) is 0 Å². The average molecular weight is 319 g/mol. The maximum atomic E-state index is 12.0. The van der Waals surface area contributed by atoms with Gasteiger partial charge in [0, 0.05) is 30.8 Å². The number of benzene rings is 1. The number of ether oxygens (including phenoxy) is 1. The summed E-state index contributed by atoms with van der Waals surface area (Å²) in [6, 6.07) is 4.99. The van der Waals surface area contributed by atoms with Crippen LogP contribution >= 0.6 is 0 Å². The van der Waals surface area contributed by atoms with E-state index in [9.17, 15) is 14.9 Å². The molecule has 0 saturated heterocycles. The van der Waals surface area contributed by atoms with Crippen molar-refractivity contribution in [1.29, 1.82) is 0 Å². The Bertz CT molecular complexity index is 615. The van der Waals surface area contributed by atoms with Gasteiger partial charge in [0.2, 0.25) is 0 Å². The second-order valence-corrected chi connectivity index (χ2v) is 6.25. The number of anilines is 1. The number of amides is 1. The maximum absolute atomic E-state index is 12.0. The summed E-state index contributed by atoms with van der Waals surface area (Å²) < 4.78 is 5.32. The number of carbonyl (C=O) groups is 1. The van der Waals surface area contributed by atoms with E-state index in [0.717, 1.165) is 32.1 Å². The van der Waals surface area contributed by atoms with Crippen LogP contribution in [0.4, 0.5) is 11.4 Å². The fourth-order valence-corrected chi connectivity index (χ4v) is 2.95. The van der Waals surface area contributed by atoms with Gasteiger partial charge in [-0.1, -0.05) is 0 Å². The van der Waals surface area contributed by atoms with Crippen molar-refractivity contribution in [3.63, 3.8) is 0 Å². The molecule has 0 heterocycles. The van der Waals surface area contributed by atoms with Crippen molar-refractivity contribution in [3.05, 3.63) is 33.9 Å². The number of methoxy groups -OCH3 is 1. The van der Waals surface area contributed by atoms with Gasteiger partial charge in [-0.3, -0.25) is 14.9 Å². The second kappa shape index (κ2) is 6.54. The molecule has 1 aromatic carbocycles. The highest BCUT2D eigenvalue weighted by Crippen LogP contribution is 2.31. The molecule has 2 unspecified atom stereocenters. The lowest BCUT2D eigenvalue weighted by Crippen LogP contribution is -2.25. The average Bonchev–Trinajstić information content (AvgIpc) is 3.23. The van der Waals surface area contributed by atoms with Crippen LogP contribution in [-0.2, 0) is 4.74 Å². The van der Waals surface area contributed by atoms with Crippen LogP contribution in [-0.4, -0.2) is 36.1 Å². The van der Waals surface area contributed by atoms with E-state index in [1.165, 1.54) is 6.07 Å². The zero-order chi connectivity index (χ0) is 16.4. The molecule has 0 aromatic heterocycles. The van der Waals surface area contributed by atoms with Crippen molar-refractivity contribution in [2.75, 3.05) is 12.4 Å². The third-order valence-electron chi connectivity index (χ3n) is 4.45. The first-order valence-electron chi connectivity index (χ1n) is 7.95. The van der Waals surface area contributed by atoms with Gasteiger partial charge < -0.3 is 15.4 Å². The van der Waals surface area contributed by atoms with Crippen molar-refractivity contribution < 1.29 is 14.5 Å². The van der Waals surface area contributed by atoms with E-state index >= 15 is 0 Å². The lowest BCUT2D eigenvalue weighted by Gasteiger charge is -2.15. The molecular weight excluding hydrogens is 298 g/mol. The third-order valence-corrected chi connectivity index (χ3v) is 4.45. The number of nitrogens with one attached hydrogen (secondary N) is 2. The van der Waals surface area contributed by atoms with E-state index in [1.807, 2.05) is 0 Å². The molecular formula is C16H21N3O4. The second-order valence-electron chi connectivity index (χ2n) is 6.25. The standard InChI is InChI=1S/C16H21N3O4/c1-23-13-6-5-12(9-13)17-14-7-2-10(8-15(14)19(21)22)16(20)18-11-3-4-11/h2,7-8,11-13,17H,3-6,9H2,1H3,(H,18,20). The molecule has 124 valence electrons. The van der Waals surface area contributed by atoms with Crippen LogP contribution in [0.2, 0.25) is 0 Å². The van der Waals surface area contributed by atoms with Crippen LogP contribution in [0.5, 0.6) is 0 Å². The van der Waals surface area contributed by atoms with Gasteiger partial charge in [-0.2, -0.15) is 0 Å². The number of hydrogen-bond donors (Lipinski definition) is 2. The van der Waals surface area contributed by atoms with Crippen LogP contribution in [0.25, 0.3) is 0 Å². The molecule has 0 spiro atoms. The van der Waals surface area contributed by atoms with Crippen molar-refractivity contribution >= 4 is 17.3 Å². The Balaban J connectivity index is 1.74. The van der Waals surface area contributed by atoms with Crippen LogP contribution in [0.1, 0.15) is 42.5 Å². The highest BCUT2D eigenvalue weighted by atomic mass is 16.6. The van der Waals surface area contributed by atoms with Crippen molar-refractivity contribution in [2.24, 2.45) is 0 Å². The molecule has 0 radical (unpaired) electrons. The van der Waals surface area contributed by atoms with E-state index in [4.69, 9.17) is 4.74 Å². The molecule has 23 heavy (non-hydrogen) atoms. The Kier molecular flexibility index (Phi) is 4.47. The van der Waals surface area contributed by atoms with Gasteiger partial charge in [-0.05, 0) is 44.2 Å². The molecule has 1 aromatic rings. The van der Waals surface area contributed by atoms with Gasteiger partial charge in [0.05, 0.1) is 11.0 Å². The van der Waals surface area contributed by atoms with Crippen molar-refractivity contribution in [1.82, 2.24) is 5.32 Å². The Morgan fingerprint density at radius 3 is 2.61 bits per heavy atom. The van der Waals surface area contributed by atoms with Crippen molar-refractivity contribution in [2.45, 2.75) is 50.3 Å². The van der Waals surface area contributed by atoms with Crippen molar-refractivity contribution in [3.8, 4) is 0 Å². The van der Waals surface area contributed by atoms with E-state index in [2.05, 4.69) is 10.6 Å². The zero-order valence-corrected chi connectivity index (χ0v) is 13.1. The number of carbonyl (C=O) groups excluding carboxylic acids is 1. The Labute approximate surface area is 134 Å². The lowest BCUT2D eigenvalue weighted by molar-refractivity contribution is -0.384. The van der Waals surface area contributed by atoms with Crippen LogP contribution in [0.3, 0.4) is 0 Å². The summed E-state index contributed by atoms with van der Waals surface area (Å²) in [5.74, 6) is -0.248. The molecule has 7 heteroatoms. The molecule has 2 fully saturated rings. The summed E-state index contributed by atoms with van der Waals surface area (Å²) in [5, 5.41) is 17.4. The van der Waals surface area contributed by atoms with Gasteiger partial charge in [-0.25, -0.2) is 0 Å². The summed E-state index contributed by atoms with van der Waals surface area (Å²) in [7, 11) is 1.68. The largest absolute Gasteiger partial charge is 0.381 e. The summed E-state index contributed by atoms with van der Waals surface area (Å²) in [6.07, 6.45) is 4.86. The highest BCUT2D eigenvalue weighted by Gasteiger charge is 2.28. The topological polar surface area (TPSA) is 93.5 Å². The highest BCUT2D eigenvalue weighted by molar-refractivity contribution is 5.96. The third kappa shape index (κ3) is 3.79. The quantitative estimate of drug-likeness (QED) is 0.620. The molecule has 1 amide bonds. The first-order valence-corrected chi connectivity index (χ1v) is 7.95. The van der Waals surface area contributed by atoms with E-state index in [-0.39, 0.29) is 29.8 Å². The van der Waals surface area contributed by atoms with E-state index in [1.54, 1.807) is 19.2 Å². The minimum atomic E-state index is -0.445. The number of nitro groups is 1. The molecule has 0 aliphatic heterocycles. The normalized spacial score (nSPS) is 23.5. The predicted molar refractivity (Wildman–Crippen MR) is 85.6 cm³/mol. The monoisotopic (exact) mass is 319 g/mol. The molecule has 2 atom stereocenters. The summed E-state index contributed by atoms with van der Waals surface area (Å²) >= 11 is 0. The lowest BCUT2D eigenvalue weighted by atomic mass is 10.1. The smallest absolute Gasteiger partial charge is 0.293 e. The first-order chi connectivity index (χ1) is 11.1. The molecule has 2 saturated carbocycles. The van der Waals surface area contributed by atoms with Crippen LogP contribution in [0.15, 0.2) is 18.2 Å². The van der Waals surface area contributed by atoms with Gasteiger partial charge in [0.25, 0.3) is 11.6 Å². The van der Waals surface area contributed by atoms with E-state index in [0.29, 0.717) is 11.3 Å².